The van der Waals surface area contributed by atoms with Gasteiger partial charge in [-0.05, 0) is 48.5 Å². The third-order valence-corrected chi connectivity index (χ3v) is 7.64. The molecule has 4 rings (SSSR count). The molecule has 0 amide bonds. The second kappa shape index (κ2) is 12.4. The van der Waals surface area contributed by atoms with Crippen LogP contribution in [0.25, 0.3) is 0 Å². The van der Waals surface area contributed by atoms with Gasteiger partial charge in [-0.1, -0.05) is 72.8 Å². The highest BCUT2D eigenvalue weighted by molar-refractivity contribution is 7.52. The summed E-state index contributed by atoms with van der Waals surface area (Å²) in [6, 6.07) is 34.8. The van der Waals surface area contributed by atoms with E-state index < -0.39 is 15.5 Å². The van der Waals surface area contributed by atoms with Crippen LogP contribution in [-0.2, 0) is 9.13 Å². The molecule has 0 radical (unpaired) electrons. The van der Waals surface area contributed by atoms with Gasteiger partial charge in [-0.15, -0.1) is 0 Å². The Kier molecular flexibility index (Phi) is 8.82. The first-order chi connectivity index (χ1) is 17.5. The molecule has 2 N–H and O–H groups in total. The zero-order valence-electron chi connectivity index (χ0n) is 19.3. The van der Waals surface area contributed by atoms with E-state index in [1.54, 1.807) is 97.1 Å². The maximum absolute atomic E-state index is 13.5. The van der Waals surface area contributed by atoms with Gasteiger partial charge < -0.3 is 18.1 Å². The molecule has 0 saturated heterocycles. The molecule has 0 unspecified atom stereocenters. The van der Waals surface area contributed by atoms with E-state index in [4.69, 9.17) is 18.1 Å². The number of rotatable bonds is 13. The van der Waals surface area contributed by atoms with Crippen molar-refractivity contribution in [3.63, 3.8) is 0 Å². The van der Waals surface area contributed by atoms with E-state index >= 15 is 0 Å². The van der Waals surface area contributed by atoms with Gasteiger partial charge in [-0.25, -0.2) is 9.13 Å². The molecule has 0 aliphatic carbocycles. The lowest BCUT2D eigenvalue weighted by Crippen LogP contribution is -2.29. The predicted molar refractivity (Wildman–Crippen MR) is 139 cm³/mol. The molecule has 0 saturated carbocycles. The van der Waals surface area contributed by atoms with Crippen LogP contribution in [0.3, 0.4) is 0 Å². The van der Waals surface area contributed by atoms with E-state index in [1.165, 1.54) is 0 Å². The summed E-state index contributed by atoms with van der Waals surface area (Å²) >= 11 is 0. The molecular weight excluding hydrogens is 498 g/mol. The predicted octanol–water partition coefficient (Wildman–Crippen LogP) is 6.70. The Morgan fingerprint density at radius 2 is 0.639 bits per heavy atom. The molecule has 4 aromatic rings. The standard InChI is InChI=1S/C26H26N2O6P2/c29-35(31-23-13-5-1-6-14-23,32-24-15-7-2-8-16-24)27-21-22-28-36(30,33-25-17-9-3-10-18-25)34-26-19-11-4-12-20-26/h1-20H,21-22H2,(H,27,29)(H,28,30). The summed E-state index contributed by atoms with van der Waals surface area (Å²) in [5.74, 6) is 1.51. The van der Waals surface area contributed by atoms with E-state index in [0.29, 0.717) is 23.0 Å². The van der Waals surface area contributed by atoms with Crippen molar-refractivity contribution in [3.05, 3.63) is 121 Å². The van der Waals surface area contributed by atoms with E-state index in [2.05, 4.69) is 10.2 Å². The molecule has 186 valence electrons. The second-order valence-corrected chi connectivity index (χ2v) is 10.8. The van der Waals surface area contributed by atoms with Crippen molar-refractivity contribution in [1.82, 2.24) is 10.2 Å². The smallest absolute Gasteiger partial charge is 0.405 e. The molecular formula is C26H26N2O6P2. The number of benzene rings is 4. The Morgan fingerprint density at radius 1 is 0.417 bits per heavy atom. The lowest BCUT2D eigenvalue weighted by molar-refractivity contribution is 0.362. The minimum Gasteiger partial charge on any atom is -0.405 e. The van der Waals surface area contributed by atoms with Gasteiger partial charge in [0.2, 0.25) is 0 Å². The monoisotopic (exact) mass is 524 g/mol. The Balaban J connectivity index is 1.43. The van der Waals surface area contributed by atoms with Crippen molar-refractivity contribution in [2.45, 2.75) is 0 Å². The SMILES string of the molecule is O=P(NCCNP(=O)(Oc1ccccc1)Oc1ccccc1)(Oc1ccccc1)Oc1ccccc1. The third kappa shape index (κ3) is 8.01. The van der Waals surface area contributed by atoms with Crippen molar-refractivity contribution < 1.29 is 27.2 Å². The van der Waals surface area contributed by atoms with E-state index in [-0.39, 0.29) is 13.1 Å². The summed E-state index contributed by atoms with van der Waals surface area (Å²) in [6.07, 6.45) is 0. The Labute approximate surface area is 210 Å². The summed E-state index contributed by atoms with van der Waals surface area (Å²) < 4.78 is 49.9. The largest absolute Gasteiger partial charge is 0.512 e. The zero-order chi connectivity index (χ0) is 25.1. The van der Waals surface area contributed by atoms with Crippen LogP contribution < -0.4 is 28.3 Å². The summed E-state index contributed by atoms with van der Waals surface area (Å²) in [5, 5.41) is 5.62. The summed E-state index contributed by atoms with van der Waals surface area (Å²) in [5.41, 5.74) is 0. The molecule has 0 bridgehead atoms. The molecule has 0 fully saturated rings. The van der Waals surface area contributed by atoms with Crippen LogP contribution in [0.2, 0.25) is 0 Å². The fraction of sp³-hybridized carbons (Fsp3) is 0.0769. The van der Waals surface area contributed by atoms with Crippen molar-refractivity contribution in [1.29, 1.82) is 0 Å². The Hall–Kier alpha value is -3.54. The van der Waals surface area contributed by atoms with Crippen LogP contribution in [0.15, 0.2) is 121 Å². The lowest BCUT2D eigenvalue weighted by Gasteiger charge is -2.22. The fourth-order valence-electron chi connectivity index (χ4n) is 3.03. The van der Waals surface area contributed by atoms with E-state index in [9.17, 15) is 9.13 Å². The molecule has 0 spiro atoms. The maximum Gasteiger partial charge on any atom is 0.512 e. The van der Waals surface area contributed by atoms with Gasteiger partial charge in [0.15, 0.2) is 0 Å². The maximum atomic E-state index is 13.5. The molecule has 4 aromatic carbocycles. The number of hydrogen-bond acceptors (Lipinski definition) is 6. The average Bonchev–Trinajstić information content (AvgIpc) is 2.89. The van der Waals surface area contributed by atoms with Gasteiger partial charge in [0.05, 0.1) is 0 Å². The van der Waals surface area contributed by atoms with Crippen molar-refractivity contribution in [3.8, 4) is 23.0 Å². The van der Waals surface area contributed by atoms with Crippen LogP contribution >= 0.6 is 15.5 Å². The van der Waals surface area contributed by atoms with Gasteiger partial charge in [0, 0.05) is 13.1 Å². The molecule has 0 aromatic heterocycles. The Morgan fingerprint density at radius 3 is 0.861 bits per heavy atom. The second-order valence-electron chi connectivity index (χ2n) is 7.43. The lowest BCUT2D eigenvalue weighted by atomic mass is 10.3. The highest BCUT2D eigenvalue weighted by Crippen LogP contribution is 2.46. The van der Waals surface area contributed by atoms with Gasteiger partial charge in [-0.2, -0.15) is 10.2 Å². The van der Waals surface area contributed by atoms with Gasteiger partial charge in [0.1, 0.15) is 23.0 Å². The average molecular weight is 524 g/mol. The number of hydrogen-bond donors (Lipinski definition) is 2. The minimum absolute atomic E-state index is 0.0667. The highest BCUT2D eigenvalue weighted by atomic mass is 31.2. The number of para-hydroxylation sites is 4. The van der Waals surface area contributed by atoms with E-state index in [1.807, 2.05) is 24.3 Å². The van der Waals surface area contributed by atoms with E-state index in [0.717, 1.165) is 0 Å². The topological polar surface area (TPSA) is 95.1 Å². The van der Waals surface area contributed by atoms with Crippen molar-refractivity contribution in [2.75, 3.05) is 13.1 Å². The number of nitrogens with one attached hydrogen (secondary N) is 2. The summed E-state index contributed by atoms with van der Waals surface area (Å²) in [4.78, 5) is 0. The van der Waals surface area contributed by atoms with Gasteiger partial charge in [-0.3, -0.25) is 0 Å². The molecule has 0 atom stereocenters. The first-order valence-electron chi connectivity index (χ1n) is 11.2. The normalized spacial score (nSPS) is 11.4. The van der Waals surface area contributed by atoms with Crippen LogP contribution in [0.5, 0.6) is 23.0 Å². The molecule has 0 heterocycles. The summed E-state index contributed by atoms with van der Waals surface area (Å²) in [6.45, 7) is 0.133. The van der Waals surface area contributed by atoms with Gasteiger partial charge >= 0.3 is 15.5 Å². The van der Waals surface area contributed by atoms with Gasteiger partial charge in [0.25, 0.3) is 0 Å². The molecule has 10 heteroatoms. The first kappa shape index (κ1) is 25.5. The fourth-order valence-corrected chi connectivity index (χ4v) is 5.73. The molecule has 36 heavy (non-hydrogen) atoms. The third-order valence-electron chi connectivity index (χ3n) is 4.61. The van der Waals surface area contributed by atoms with Crippen molar-refractivity contribution in [2.24, 2.45) is 0 Å². The minimum atomic E-state index is -3.84. The molecule has 8 nitrogen and oxygen atoms in total. The Bertz CT molecular complexity index is 1100. The van der Waals surface area contributed by atoms with Crippen LogP contribution in [0.1, 0.15) is 0 Å². The van der Waals surface area contributed by atoms with Crippen molar-refractivity contribution >= 4 is 15.5 Å². The highest BCUT2D eigenvalue weighted by Gasteiger charge is 2.31. The molecule has 0 aliphatic rings. The zero-order valence-corrected chi connectivity index (χ0v) is 21.1. The van der Waals surface area contributed by atoms with Crippen LogP contribution in [-0.4, -0.2) is 13.1 Å². The first-order valence-corrected chi connectivity index (χ1v) is 14.3. The molecule has 0 aliphatic heterocycles. The van der Waals surface area contributed by atoms with Crippen LogP contribution in [0.4, 0.5) is 0 Å². The summed E-state index contributed by atoms with van der Waals surface area (Å²) in [7, 11) is -7.68. The van der Waals surface area contributed by atoms with Crippen LogP contribution in [0, 0.1) is 0 Å². The quantitative estimate of drug-likeness (QED) is 0.147.